The summed E-state index contributed by atoms with van der Waals surface area (Å²) in [5.74, 6) is -0.295. The summed E-state index contributed by atoms with van der Waals surface area (Å²) in [6, 6.07) is 7.09. The van der Waals surface area contributed by atoms with Gasteiger partial charge >= 0.3 is 0 Å². The Labute approximate surface area is 119 Å². The van der Waals surface area contributed by atoms with E-state index in [1.54, 1.807) is 12.1 Å². The van der Waals surface area contributed by atoms with Crippen molar-refractivity contribution in [2.45, 2.75) is 37.6 Å². The average molecular weight is 272 g/mol. The van der Waals surface area contributed by atoms with Gasteiger partial charge in [0.2, 0.25) is 0 Å². The fraction of sp³-hybridized carbons (Fsp3) is 0.500. The van der Waals surface area contributed by atoms with Crippen LogP contribution in [-0.4, -0.2) is 35.8 Å². The number of likely N-dealkylation sites (N-methyl/N-ethyl adjacent to an activating group) is 1. The van der Waals surface area contributed by atoms with Crippen molar-refractivity contribution >= 4 is 11.8 Å². The number of carbonyl (C=O) groups excluding carboxylic acids is 2. The van der Waals surface area contributed by atoms with Crippen molar-refractivity contribution in [2.75, 3.05) is 13.6 Å². The summed E-state index contributed by atoms with van der Waals surface area (Å²) >= 11 is 0. The van der Waals surface area contributed by atoms with E-state index in [1.807, 2.05) is 19.2 Å². The van der Waals surface area contributed by atoms with Crippen LogP contribution >= 0.6 is 0 Å². The lowest BCUT2D eigenvalue weighted by Gasteiger charge is -2.39. The number of rotatable bonds is 3. The molecule has 106 valence electrons. The van der Waals surface area contributed by atoms with Crippen LogP contribution in [0.2, 0.25) is 0 Å². The first-order valence-corrected chi connectivity index (χ1v) is 7.31. The number of amides is 2. The van der Waals surface area contributed by atoms with Crippen molar-refractivity contribution in [1.82, 2.24) is 10.2 Å². The van der Waals surface area contributed by atoms with Crippen molar-refractivity contribution in [3.8, 4) is 0 Å². The van der Waals surface area contributed by atoms with Crippen LogP contribution in [0.15, 0.2) is 24.3 Å². The Bertz CT molecular complexity index is 512. The van der Waals surface area contributed by atoms with Gasteiger partial charge in [0.15, 0.2) is 0 Å². The molecule has 0 aromatic heterocycles. The molecule has 2 amide bonds. The van der Waals surface area contributed by atoms with Crippen LogP contribution in [0.4, 0.5) is 0 Å². The molecule has 0 unspecified atom stereocenters. The van der Waals surface area contributed by atoms with Gasteiger partial charge in [-0.15, -0.1) is 0 Å². The molecule has 1 heterocycles. The van der Waals surface area contributed by atoms with Crippen LogP contribution in [0.1, 0.15) is 52.8 Å². The zero-order chi connectivity index (χ0) is 14.2. The number of hydrogen-bond donors (Lipinski definition) is 1. The fourth-order valence-electron chi connectivity index (χ4n) is 3.40. The molecule has 20 heavy (non-hydrogen) atoms. The Kier molecular flexibility index (Phi) is 3.34. The van der Waals surface area contributed by atoms with E-state index in [0.717, 1.165) is 25.7 Å². The summed E-state index contributed by atoms with van der Waals surface area (Å²) in [6.45, 7) is 0.482. The highest BCUT2D eigenvalue weighted by Gasteiger charge is 2.41. The monoisotopic (exact) mass is 272 g/mol. The van der Waals surface area contributed by atoms with Gasteiger partial charge in [-0.1, -0.05) is 31.4 Å². The van der Waals surface area contributed by atoms with Gasteiger partial charge in [0.05, 0.1) is 11.1 Å². The summed E-state index contributed by atoms with van der Waals surface area (Å²) in [5.41, 5.74) is 0.977. The second-order valence-electron chi connectivity index (χ2n) is 5.83. The van der Waals surface area contributed by atoms with Gasteiger partial charge in [0, 0.05) is 12.1 Å². The number of carbonyl (C=O) groups is 2. The van der Waals surface area contributed by atoms with Gasteiger partial charge in [-0.05, 0) is 32.0 Å². The quantitative estimate of drug-likeness (QED) is 0.858. The van der Waals surface area contributed by atoms with Crippen LogP contribution in [0, 0.1) is 0 Å². The van der Waals surface area contributed by atoms with E-state index >= 15 is 0 Å². The molecule has 1 aromatic rings. The first-order valence-electron chi connectivity index (χ1n) is 7.31. The molecule has 1 aromatic carbocycles. The van der Waals surface area contributed by atoms with Crippen LogP contribution in [0.25, 0.3) is 0 Å². The second kappa shape index (κ2) is 5.02. The molecule has 4 nitrogen and oxygen atoms in total. The molecular formula is C16H20N2O2. The lowest BCUT2D eigenvalue weighted by Crippen LogP contribution is -2.54. The fourth-order valence-corrected chi connectivity index (χ4v) is 3.40. The van der Waals surface area contributed by atoms with Crippen LogP contribution in [-0.2, 0) is 0 Å². The Morgan fingerprint density at radius 2 is 1.60 bits per heavy atom. The molecule has 1 aliphatic carbocycles. The average Bonchev–Trinajstić information content (AvgIpc) is 2.74. The highest BCUT2D eigenvalue weighted by atomic mass is 16.2. The van der Waals surface area contributed by atoms with E-state index in [1.165, 1.54) is 11.3 Å². The van der Waals surface area contributed by atoms with Crippen molar-refractivity contribution in [2.24, 2.45) is 0 Å². The molecule has 0 bridgehead atoms. The minimum absolute atomic E-state index is 0.106. The Hall–Kier alpha value is -1.68. The van der Waals surface area contributed by atoms with Crippen molar-refractivity contribution in [3.63, 3.8) is 0 Å². The summed E-state index contributed by atoms with van der Waals surface area (Å²) < 4.78 is 0. The first-order chi connectivity index (χ1) is 9.67. The van der Waals surface area contributed by atoms with Crippen LogP contribution < -0.4 is 5.32 Å². The van der Waals surface area contributed by atoms with Crippen molar-refractivity contribution < 1.29 is 9.59 Å². The molecule has 0 spiro atoms. The van der Waals surface area contributed by atoms with E-state index in [0.29, 0.717) is 17.7 Å². The standard InChI is InChI=1S/C16H20N2O2/c1-17-16(9-5-2-6-10-16)11-18-14(19)12-7-3-4-8-13(12)15(18)20/h3-4,7-8,17H,2,5-6,9-11H2,1H3. The zero-order valence-electron chi connectivity index (χ0n) is 11.8. The molecule has 2 aliphatic rings. The van der Waals surface area contributed by atoms with Gasteiger partial charge in [-0.25, -0.2) is 0 Å². The Morgan fingerprint density at radius 1 is 1.05 bits per heavy atom. The molecule has 0 radical (unpaired) electrons. The molecular weight excluding hydrogens is 252 g/mol. The zero-order valence-corrected chi connectivity index (χ0v) is 11.8. The number of benzene rings is 1. The number of imide groups is 1. The van der Waals surface area contributed by atoms with E-state index < -0.39 is 0 Å². The molecule has 3 rings (SSSR count). The first kappa shape index (κ1) is 13.3. The lowest BCUT2D eigenvalue weighted by molar-refractivity contribution is 0.0577. The number of nitrogens with one attached hydrogen (secondary N) is 1. The molecule has 0 saturated heterocycles. The minimum atomic E-state index is -0.147. The third-order valence-corrected chi connectivity index (χ3v) is 4.68. The third-order valence-electron chi connectivity index (χ3n) is 4.68. The van der Waals surface area contributed by atoms with Crippen LogP contribution in [0.3, 0.4) is 0 Å². The van der Waals surface area contributed by atoms with E-state index in [9.17, 15) is 9.59 Å². The molecule has 1 N–H and O–H groups in total. The van der Waals surface area contributed by atoms with Gasteiger partial charge in [0.1, 0.15) is 0 Å². The van der Waals surface area contributed by atoms with E-state index in [4.69, 9.17) is 0 Å². The smallest absolute Gasteiger partial charge is 0.261 e. The SMILES string of the molecule is CNC1(CN2C(=O)c3ccccc3C2=O)CCCCC1. The van der Waals surface area contributed by atoms with Gasteiger partial charge in [-0.3, -0.25) is 14.5 Å². The summed E-state index contributed by atoms with van der Waals surface area (Å²) in [5, 5.41) is 3.37. The molecule has 0 atom stereocenters. The molecule has 1 saturated carbocycles. The summed E-state index contributed by atoms with van der Waals surface area (Å²) in [6.07, 6.45) is 5.60. The second-order valence-corrected chi connectivity index (χ2v) is 5.83. The largest absolute Gasteiger partial charge is 0.313 e. The number of fused-ring (bicyclic) bond motifs is 1. The highest BCUT2D eigenvalue weighted by Crippen LogP contribution is 2.31. The normalized spacial score (nSPS) is 21.1. The summed E-state index contributed by atoms with van der Waals surface area (Å²) in [4.78, 5) is 26.3. The summed E-state index contributed by atoms with van der Waals surface area (Å²) in [7, 11) is 1.93. The lowest BCUT2D eigenvalue weighted by atomic mass is 9.81. The topological polar surface area (TPSA) is 49.4 Å². The molecule has 1 aliphatic heterocycles. The van der Waals surface area contributed by atoms with Crippen molar-refractivity contribution in [3.05, 3.63) is 35.4 Å². The highest BCUT2D eigenvalue weighted by molar-refractivity contribution is 6.21. The molecule has 1 fully saturated rings. The van der Waals surface area contributed by atoms with E-state index in [2.05, 4.69) is 5.32 Å². The van der Waals surface area contributed by atoms with E-state index in [-0.39, 0.29) is 17.4 Å². The predicted octanol–water partition coefficient (Wildman–Crippen LogP) is 2.20. The number of nitrogens with zero attached hydrogens (tertiary/aromatic N) is 1. The minimum Gasteiger partial charge on any atom is -0.313 e. The maximum absolute atomic E-state index is 12.4. The maximum Gasteiger partial charge on any atom is 0.261 e. The molecule has 4 heteroatoms. The third kappa shape index (κ3) is 2.04. The Balaban J connectivity index is 1.85. The number of hydrogen-bond acceptors (Lipinski definition) is 3. The van der Waals surface area contributed by atoms with Gasteiger partial charge in [0.25, 0.3) is 11.8 Å². The van der Waals surface area contributed by atoms with Crippen molar-refractivity contribution in [1.29, 1.82) is 0 Å². The van der Waals surface area contributed by atoms with Crippen LogP contribution in [0.5, 0.6) is 0 Å². The predicted molar refractivity (Wildman–Crippen MR) is 76.7 cm³/mol. The Morgan fingerprint density at radius 3 is 2.10 bits per heavy atom. The van der Waals surface area contributed by atoms with Gasteiger partial charge < -0.3 is 5.32 Å². The van der Waals surface area contributed by atoms with Gasteiger partial charge in [-0.2, -0.15) is 0 Å². The maximum atomic E-state index is 12.4.